The maximum Gasteiger partial charge on any atom is 0.132 e. The summed E-state index contributed by atoms with van der Waals surface area (Å²) in [4.78, 5) is 7.34. The van der Waals surface area contributed by atoms with Gasteiger partial charge in [0.25, 0.3) is 0 Å². The molecule has 0 atom stereocenters. The maximum absolute atomic E-state index is 4.95. The van der Waals surface area contributed by atoms with Crippen molar-refractivity contribution >= 4 is 0 Å². The number of nitrogens with one attached hydrogen (secondary N) is 2. The van der Waals surface area contributed by atoms with Gasteiger partial charge in [-0.05, 0) is 13.0 Å². The average molecular weight is 183 g/mol. The molecule has 0 saturated heterocycles. The molecule has 0 amide bonds. The van der Waals surface area contributed by atoms with Crippen molar-refractivity contribution in [3.05, 3.63) is 17.7 Å². The number of H-pyrrole nitrogens is 1. The van der Waals surface area contributed by atoms with Gasteiger partial charge in [-0.25, -0.2) is 4.98 Å². The smallest absolute Gasteiger partial charge is 0.132 e. The zero-order valence-electron chi connectivity index (χ0n) is 8.26. The molecule has 74 valence electrons. The number of nitrogens with zero attached hydrogens (tertiary/aromatic N) is 1. The largest absolute Gasteiger partial charge is 0.377 e. The van der Waals surface area contributed by atoms with Gasteiger partial charge in [0.1, 0.15) is 12.4 Å². The van der Waals surface area contributed by atoms with Crippen LogP contribution in [0.5, 0.6) is 0 Å². The molecule has 0 aliphatic rings. The molecule has 0 radical (unpaired) electrons. The third kappa shape index (κ3) is 3.57. The third-order valence-corrected chi connectivity index (χ3v) is 1.70. The average Bonchev–Trinajstić information content (AvgIpc) is 2.54. The number of aromatic amines is 1. The second-order valence-electron chi connectivity index (χ2n) is 2.96. The quantitative estimate of drug-likeness (QED) is 0.648. The third-order valence-electron chi connectivity index (χ3n) is 1.70. The van der Waals surface area contributed by atoms with E-state index in [0.29, 0.717) is 6.61 Å². The molecule has 1 heterocycles. The SMILES string of the molecule is CCCNCc1cnc(COC)[nH]1. The summed E-state index contributed by atoms with van der Waals surface area (Å²) in [6.07, 6.45) is 3.00. The molecule has 1 aromatic heterocycles. The maximum atomic E-state index is 4.95. The Labute approximate surface area is 78.7 Å². The highest BCUT2D eigenvalue weighted by molar-refractivity contribution is 5.00. The first-order valence-electron chi connectivity index (χ1n) is 4.59. The van der Waals surface area contributed by atoms with Crippen LogP contribution >= 0.6 is 0 Å². The van der Waals surface area contributed by atoms with E-state index in [2.05, 4.69) is 22.2 Å². The molecule has 0 saturated carbocycles. The van der Waals surface area contributed by atoms with Crippen molar-refractivity contribution < 1.29 is 4.74 Å². The van der Waals surface area contributed by atoms with Crippen LogP contribution in [0.3, 0.4) is 0 Å². The summed E-state index contributed by atoms with van der Waals surface area (Å²) in [6.45, 7) is 4.59. The van der Waals surface area contributed by atoms with Gasteiger partial charge in [-0.2, -0.15) is 0 Å². The molecule has 4 nitrogen and oxygen atoms in total. The Bertz CT molecular complexity index is 235. The molecule has 0 fully saturated rings. The van der Waals surface area contributed by atoms with E-state index < -0.39 is 0 Å². The number of methoxy groups -OCH3 is 1. The molecule has 2 N–H and O–H groups in total. The second kappa shape index (κ2) is 5.72. The van der Waals surface area contributed by atoms with Crippen molar-refractivity contribution in [2.45, 2.75) is 26.5 Å². The van der Waals surface area contributed by atoms with Crippen molar-refractivity contribution in [1.29, 1.82) is 0 Å². The van der Waals surface area contributed by atoms with Gasteiger partial charge in [0, 0.05) is 25.5 Å². The Morgan fingerprint density at radius 3 is 3.15 bits per heavy atom. The van der Waals surface area contributed by atoms with Crippen LogP contribution in [0, 0.1) is 0 Å². The van der Waals surface area contributed by atoms with Crippen LogP contribution in [-0.4, -0.2) is 23.6 Å². The molecular formula is C9H17N3O. The lowest BCUT2D eigenvalue weighted by molar-refractivity contribution is 0.178. The number of ether oxygens (including phenoxy) is 1. The zero-order chi connectivity index (χ0) is 9.52. The molecule has 0 aromatic carbocycles. The van der Waals surface area contributed by atoms with Crippen molar-refractivity contribution in [2.75, 3.05) is 13.7 Å². The molecule has 0 spiro atoms. The van der Waals surface area contributed by atoms with Gasteiger partial charge >= 0.3 is 0 Å². The van der Waals surface area contributed by atoms with Crippen LogP contribution in [0.15, 0.2) is 6.20 Å². The number of imidazole rings is 1. The Hall–Kier alpha value is -0.870. The molecule has 0 unspecified atom stereocenters. The van der Waals surface area contributed by atoms with Gasteiger partial charge in [0.2, 0.25) is 0 Å². The van der Waals surface area contributed by atoms with Crippen LogP contribution in [0.25, 0.3) is 0 Å². The summed E-state index contributed by atoms with van der Waals surface area (Å²) < 4.78 is 4.95. The molecule has 0 aliphatic heterocycles. The first-order valence-corrected chi connectivity index (χ1v) is 4.59. The van der Waals surface area contributed by atoms with Crippen LogP contribution in [0.2, 0.25) is 0 Å². The molecule has 1 rings (SSSR count). The highest BCUT2D eigenvalue weighted by atomic mass is 16.5. The summed E-state index contributed by atoms with van der Waals surface area (Å²) in [5.74, 6) is 0.885. The fraction of sp³-hybridized carbons (Fsp3) is 0.667. The molecular weight excluding hydrogens is 166 g/mol. The van der Waals surface area contributed by atoms with Gasteiger partial charge in [0.05, 0.1) is 0 Å². The lowest BCUT2D eigenvalue weighted by Crippen LogP contribution is -2.13. The molecule has 0 bridgehead atoms. The molecule has 4 heteroatoms. The lowest BCUT2D eigenvalue weighted by Gasteiger charge is -1.98. The van der Waals surface area contributed by atoms with E-state index in [-0.39, 0.29) is 0 Å². The number of hydrogen-bond acceptors (Lipinski definition) is 3. The van der Waals surface area contributed by atoms with E-state index in [9.17, 15) is 0 Å². The summed E-state index contributed by atoms with van der Waals surface area (Å²) >= 11 is 0. The summed E-state index contributed by atoms with van der Waals surface area (Å²) in [6, 6.07) is 0. The van der Waals surface area contributed by atoms with Gasteiger partial charge in [-0.3, -0.25) is 0 Å². The van der Waals surface area contributed by atoms with Crippen LogP contribution in [0.1, 0.15) is 24.9 Å². The highest BCUT2D eigenvalue weighted by Gasteiger charge is 1.98. The summed E-state index contributed by atoms with van der Waals surface area (Å²) in [5.41, 5.74) is 1.11. The van der Waals surface area contributed by atoms with Gasteiger partial charge in [-0.15, -0.1) is 0 Å². The lowest BCUT2D eigenvalue weighted by atomic mass is 10.4. The number of rotatable bonds is 6. The predicted octanol–water partition coefficient (Wildman–Crippen LogP) is 1.06. The Morgan fingerprint density at radius 1 is 1.62 bits per heavy atom. The minimum Gasteiger partial charge on any atom is -0.377 e. The van der Waals surface area contributed by atoms with E-state index >= 15 is 0 Å². The topological polar surface area (TPSA) is 49.9 Å². The van der Waals surface area contributed by atoms with Gasteiger partial charge in [-0.1, -0.05) is 6.92 Å². The van der Waals surface area contributed by atoms with E-state index in [0.717, 1.165) is 31.0 Å². The van der Waals surface area contributed by atoms with Crippen LogP contribution in [0.4, 0.5) is 0 Å². The second-order valence-corrected chi connectivity index (χ2v) is 2.96. The van der Waals surface area contributed by atoms with Crippen molar-refractivity contribution in [3.63, 3.8) is 0 Å². The normalized spacial score (nSPS) is 10.6. The van der Waals surface area contributed by atoms with E-state index in [1.54, 1.807) is 7.11 Å². The zero-order valence-corrected chi connectivity index (χ0v) is 8.26. The van der Waals surface area contributed by atoms with E-state index in [1.165, 1.54) is 0 Å². The summed E-state index contributed by atoms with van der Waals surface area (Å²) in [5, 5.41) is 3.29. The fourth-order valence-electron chi connectivity index (χ4n) is 1.11. The molecule has 13 heavy (non-hydrogen) atoms. The first-order chi connectivity index (χ1) is 6.36. The van der Waals surface area contributed by atoms with Gasteiger partial charge < -0.3 is 15.0 Å². The highest BCUT2D eigenvalue weighted by Crippen LogP contribution is 1.97. The number of hydrogen-bond donors (Lipinski definition) is 2. The Morgan fingerprint density at radius 2 is 2.46 bits per heavy atom. The minimum absolute atomic E-state index is 0.549. The van der Waals surface area contributed by atoms with E-state index in [4.69, 9.17) is 4.74 Å². The molecule has 1 aromatic rings. The molecule has 0 aliphatic carbocycles. The Kier molecular flexibility index (Phi) is 4.49. The standard InChI is InChI=1S/C9H17N3O/c1-3-4-10-5-8-6-11-9(12-8)7-13-2/h6,10H,3-5,7H2,1-2H3,(H,11,12). The first kappa shape index (κ1) is 10.2. The van der Waals surface area contributed by atoms with Crippen molar-refractivity contribution in [2.24, 2.45) is 0 Å². The Balaban J connectivity index is 2.31. The monoisotopic (exact) mass is 183 g/mol. The fourth-order valence-corrected chi connectivity index (χ4v) is 1.11. The van der Waals surface area contributed by atoms with Gasteiger partial charge in [0.15, 0.2) is 0 Å². The van der Waals surface area contributed by atoms with Crippen LogP contribution in [-0.2, 0) is 17.9 Å². The summed E-state index contributed by atoms with van der Waals surface area (Å²) in [7, 11) is 1.66. The number of aromatic nitrogens is 2. The van der Waals surface area contributed by atoms with Crippen molar-refractivity contribution in [1.82, 2.24) is 15.3 Å². The predicted molar refractivity (Wildman–Crippen MR) is 51.3 cm³/mol. The van der Waals surface area contributed by atoms with Crippen LogP contribution < -0.4 is 5.32 Å². The van der Waals surface area contributed by atoms with Crippen molar-refractivity contribution in [3.8, 4) is 0 Å². The minimum atomic E-state index is 0.549. The van der Waals surface area contributed by atoms with E-state index in [1.807, 2.05) is 6.20 Å².